The lowest BCUT2D eigenvalue weighted by Crippen LogP contribution is -2.29. The highest BCUT2D eigenvalue weighted by Gasteiger charge is 2.40. The Labute approximate surface area is 114 Å². The summed E-state index contributed by atoms with van der Waals surface area (Å²) in [4.78, 5) is 11.4. The number of ether oxygens (including phenoxy) is 1. The number of carboxylic acid groups (broad SMARTS) is 1. The van der Waals surface area contributed by atoms with Crippen LogP contribution in [0.5, 0.6) is 5.75 Å². The van der Waals surface area contributed by atoms with Gasteiger partial charge in [-0.15, -0.1) is 0 Å². The number of aryl methyl sites for hydroxylation is 1. The molecule has 3 heteroatoms. The fourth-order valence-corrected chi connectivity index (χ4v) is 2.92. The van der Waals surface area contributed by atoms with Crippen LogP contribution in [0.4, 0.5) is 0 Å². The van der Waals surface area contributed by atoms with Crippen molar-refractivity contribution in [2.75, 3.05) is 6.61 Å². The molecule has 0 saturated heterocycles. The van der Waals surface area contributed by atoms with Gasteiger partial charge < -0.3 is 9.84 Å². The molecule has 0 radical (unpaired) electrons. The van der Waals surface area contributed by atoms with Crippen molar-refractivity contribution in [3.05, 3.63) is 29.8 Å². The van der Waals surface area contributed by atoms with Crippen LogP contribution in [0.2, 0.25) is 0 Å². The second-order valence-electron chi connectivity index (χ2n) is 5.35. The van der Waals surface area contributed by atoms with Gasteiger partial charge in [-0.2, -0.15) is 0 Å². The van der Waals surface area contributed by atoms with Crippen molar-refractivity contribution in [1.29, 1.82) is 0 Å². The number of benzene rings is 1. The number of hydrogen-bond acceptors (Lipinski definition) is 2. The van der Waals surface area contributed by atoms with Gasteiger partial charge in [-0.25, -0.2) is 0 Å². The summed E-state index contributed by atoms with van der Waals surface area (Å²) in [7, 11) is 0. The fourth-order valence-electron chi connectivity index (χ4n) is 2.92. The van der Waals surface area contributed by atoms with Gasteiger partial charge in [-0.1, -0.05) is 38.0 Å². The third kappa shape index (κ3) is 3.09. The maximum absolute atomic E-state index is 11.4. The summed E-state index contributed by atoms with van der Waals surface area (Å²) in [5.74, 6) is 0.237. The molecule has 0 atom stereocenters. The molecule has 1 aromatic rings. The average molecular weight is 262 g/mol. The van der Waals surface area contributed by atoms with Crippen molar-refractivity contribution >= 4 is 5.97 Å². The quantitative estimate of drug-likeness (QED) is 0.851. The molecule has 19 heavy (non-hydrogen) atoms. The van der Waals surface area contributed by atoms with E-state index in [4.69, 9.17) is 4.74 Å². The zero-order chi connectivity index (χ0) is 13.7. The summed E-state index contributed by atoms with van der Waals surface area (Å²) >= 11 is 0. The Bertz CT molecular complexity index is 433. The monoisotopic (exact) mass is 262 g/mol. The van der Waals surface area contributed by atoms with E-state index in [1.165, 1.54) is 5.56 Å². The third-order valence-corrected chi connectivity index (χ3v) is 4.21. The first-order valence-electron chi connectivity index (χ1n) is 7.12. The molecule has 0 aromatic heterocycles. The van der Waals surface area contributed by atoms with E-state index in [1.54, 1.807) is 0 Å². The van der Waals surface area contributed by atoms with Gasteiger partial charge in [-0.3, -0.25) is 4.79 Å². The van der Waals surface area contributed by atoms with E-state index < -0.39 is 11.4 Å². The second kappa shape index (κ2) is 6.09. The van der Waals surface area contributed by atoms with Gasteiger partial charge in [0, 0.05) is 0 Å². The van der Waals surface area contributed by atoms with Gasteiger partial charge in [0.25, 0.3) is 0 Å². The number of hydrogen-bond donors (Lipinski definition) is 1. The maximum atomic E-state index is 11.4. The molecule has 3 nitrogen and oxygen atoms in total. The van der Waals surface area contributed by atoms with Gasteiger partial charge in [0.1, 0.15) is 5.75 Å². The summed E-state index contributed by atoms with van der Waals surface area (Å²) in [5, 5.41) is 9.41. The van der Waals surface area contributed by atoms with Gasteiger partial charge in [-0.05, 0) is 37.3 Å². The lowest BCUT2D eigenvalue weighted by molar-refractivity contribution is -0.149. The molecule has 1 N–H and O–H groups in total. The van der Waals surface area contributed by atoms with Crippen LogP contribution >= 0.6 is 0 Å². The lowest BCUT2D eigenvalue weighted by atomic mass is 9.83. The highest BCUT2D eigenvalue weighted by molar-refractivity contribution is 5.74. The van der Waals surface area contributed by atoms with E-state index in [1.807, 2.05) is 18.2 Å². The normalized spacial score (nSPS) is 17.3. The van der Waals surface area contributed by atoms with Gasteiger partial charge in [0.2, 0.25) is 0 Å². The molecule has 0 spiro atoms. The van der Waals surface area contributed by atoms with E-state index in [9.17, 15) is 9.90 Å². The predicted molar refractivity (Wildman–Crippen MR) is 74.5 cm³/mol. The van der Waals surface area contributed by atoms with Crippen molar-refractivity contribution < 1.29 is 14.6 Å². The number of aliphatic carboxylic acids is 1. The Morgan fingerprint density at radius 3 is 2.63 bits per heavy atom. The lowest BCUT2D eigenvalue weighted by Gasteiger charge is -2.23. The zero-order valence-corrected chi connectivity index (χ0v) is 11.5. The Morgan fingerprint density at radius 1 is 1.32 bits per heavy atom. The summed E-state index contributed by atoms with van der Waals surface area (Å²) in [6.45, 7) is 2.58. The second-order valence-corrected chi connectivity index (χ2v) is 5.35. The van der Waals surface area contributed by atoms with Crippen LogP contribution in [0.25, 0.3) is 0 Å². The minimum absolute atomic E-state index is 0.489. The molecule has 0 unspecified atom stereocenters. The molecule has 0 aliphatic heterocycles. The standard InChI is InChI=1S/C16H22O3/c1-2-13-7-3-4-8-14(13)19-12-11-16(15(17)18)9-5-6-10-16/h3-4,7-8H,2,5-6,9-12H2,1H3,(H,17,18). The van der Waals surface area contributed by atoms with Gasteiger partial charge >= 0.3 is 5.97 Å². The van der Waals surface area contributed by atoms with E-state index in [0.717, 1.165) is 37.9 Å². The van der Waals surface area contributed by atoms with Crippen molar-refractivity contribution in [3.8, 4) is 5.75 Å². The van der Waals surface area contributed by atoms with Crippen molar-refractivity contribution in [2.45, 2.75) is 45.4 Å². The first-order chi connectivity index (χ1) is 9.18. The van der Waals surface area contributed by atoms with Crippen LogP contribution in [-0.4, -0.2) is 17.7 Å². The highest BCUT2D eigenvalue weighted by Crippen LogP contribution is 2.41. The minimum Gasteiger partial charge on any atom is -0.493 e. The average Bonchev–Trinajstić information content (AvgIpc) is 2.89. The minimum atomic E-state index is -0.655. The van der Waals surface area contributed by atoms with Gasteiger partial charge in [0.05, 0.1) is 12.0 Å². The van der Waals surface area contributed by atoms with Gasteiger partial charge in [0.15, 0.2) is 0 Å². The molecule has 1 saturated carbocycles. The molecule has 1 aliphatic carbocycles. The molecule has 0 amide bonds. The van der Waals surface area contributed by atoms with Crippen LogP contribution in [-0.2, 0) is 11.2 Å². The molecule has 0 bridgehead atoms. The van der Waals surface area contributed by atoms with Crippen LogP contribution in [0.15, 0.2) is 24.3 Å². The third-order valence-electron chi connectivity index (χ3n) is 4.21. The van der Waals surface area contributed by atoms with Crippen LogP contribution < -0.4 is 4.74 Å². The Kier molecular flexibility index (Phi) is 4.46. The smallest absolute Gasteiger partial charge is 0.309 e. The highest BCUT2D eigenvalue weighted by atomic mass is 16.5. The number of carbonyl (C=O) groups is 1. The van der Waals surface area contributed by atoms with E-state index in [2.05, 4.69) is 13.0 Å². The van der Waals surface area contributed by atoms with E-state index >= 15 is 0 Å². The predicted octanol–water partition coefficient (Wildman–Crippen LogP) is 3.66. The molecule has 1 aliphatic rings. The first kappa shape index (κ1) is 13.9. The largest absolute Gasteiger partial charge is 0.493 e. The summed E-state index contributed by atoms with van der Waals surface area (Å²) in [6, 6.07) is 7.97. The molecular weight excluding hydrogens is 240 g/mol. The van der Waals surface area contributed by atoms with Crippen LogP contribution in [0, 0.1) is 5.41 Å². The topological polar surface area (TPSA) is 46.5 Å². The first-order valence-corrected chi connectivity index (χ1v) is 7.12. The van der Waals surface area contributed by atoms with Crippen LogP contribution in [0.1, 0.15) is 44.6 Å². The number of rotatable bonds is 6. The van der Waals surface area contributed by atoms with Crippen molar-refractivity contribution in [2.24, 2.45) is 5.41 Å². The summed E-state index contributed by atoms with van der Waals surface area (Å²) in [5.41, 5.74) is 0.638. The zero-order valence-electron chi connectivity index (χ0n) is 11.5. The summed E-state index contributed by atoms with van der Waals surface area (Å²) < 4.78 is 5.80. The number of carboxylic acids is 1. The maximum Gasteiger partial charge on any atom is 0.309 e. The van der Waals surface area contributed by atoms with Crippen LogP contribution in [0.3, 0.4) is 0 Å². The molecule has 1 fully saturated rings. The Balaban J connectivity index is 1.94. The summed E-state index contributed by atoms with van der Waals surface area (Å²) in [6.07, 6.45) is 5.18. The molecule has 1 aromatic carbocycles. The fraction of sp³-hybridized carbons (Fsp3) is 0.562. The SMILES string of the molecule is CCc1ccccc1OCCC1(C(=O)O)CCCC1. The van der Waals surface area contributed by atoms with E-state index in [0.29, 0.717) is 13.0 Å². The molecule has 2 rings (SSSR count). The van der Waals surface area contributed by atoms with Crippen molar-refractivity contribution in [1.82, 2.24) is 0 Å². The Hall–Kier alpha value is -1.51. The molecular formula is C16H22O3. The van der Waals surface area contributed by atoms with Crippen molar-refractivity contribution in [3.63, 3.8) is 0 Å². The molecule has 104 valence electrons. The van der Waals surface area contributed by atoms with E-state index in [-0.39, 0.29) is 0 Å². The Morgan fingerprint density at radius 2 is 2.00 bits per heavy atom. The molecule has 0 heterocycles. The number of para-hydroxylation sites is 1.